The van der Waals surface area contributed by atoms with Gasteiger partial charge in [-0.15, -0.1) is 0 Å². The van der Waals surface area contributed by atoms with Crippen LogP contribution in [0.4, 0.5) is 13.2 Å². The topological polar surface area (TPSA) is 38.7 Å². The lowest BCUT2D eigenvalue weighted by atomic mass is 10.0. The average molecular weight is 419 g/mol. The van der Waals surface area contributed by atoms with Crippen LogP contribution in [0.25, 0.3) is 0 Å². The number of hydrogen-bond acceptors (Lipinski definition) is 3. The number of aliphatic imine (C=N–C) groups is 1. The van der Waals surface area contributed by atoms with Crippen LogP contribution in [0, 0.1) is 0 Å². The highest BCUT2D eigenvalue weighted by molar-refractivity contribution is 6.13. The van der Waals surface area contributed by atoms with Crippen molar-refractivity contribution in [3.8, 4) is 0 Å². The molecule has 0 heterocycles. The number of halogens is 3. The van der Waals surface area contributed by atoms with E-state index in [4.69, 9.17) is 9.73 Å². The lowest BCUT2D eigenvalue weighted by Crippen LogP contribution is -2.27. The zero-order chi connectivity index (χ0) is 22.0. The molecule has 0 saturated heterocycles. The van der Waals surface area contributed by atoms with Crippen LogP contribution < -0.4 is 0 Å². The first-order valence-electron chi connectivity index (χ1n) is 10.3. The number of benzene rings is 2. The van der Waals surface area contributed by atoms with Gasteiger partial charge in [0.25, 0.3) is 0 Å². The molecule has 0 N–H and O–H groups in total. The van der Waals surface area contributed by atoms with E-state index in [1.54, 1.807) is 6.92 Å². The molecule has 2 atom stereocenters. The number of nitrogens with zero attached hydrogens (tertiary/aromatic N) is 1. The van der Waals surface area contributed by atoms with Crippen LogP contribution in [0.2, 0.25) is 0 Å². The summed E-state index contributed by atoms with van der Waals surface area (Å²) in [5.41, 5.74) is 2.29. The second kappa shape index (κ2) is 11.5. The Bertz CT molecular complexity index is 763. The molecule has 0 aliphatic rings. The summed E-state index contributed by atoms with van der Waals surface area (Å²) >= 11 is 0. The number of esters is 1. The summed E-state index contributed by atoms with van der Waals surface area (Å²) in [4.78, 5) is 17.4. The van der Waals surface area contributed by atoms with Crippen LogP contribution in [0.3, 0.4) is 0 Å². The van der Waals surface area contributed by atoms with Crippen molar-refractivity contribution < 1.29 is 22.7 Å². The molecule has 0 aliphatic carbocycles. The minimum atomic E-state index is -4.20. The number of hydrogen-bond donors (Lipinski definition) is 0. The molecule has 2 aromatic rings. The second-order valence-corrected chi connectivity index (χ2v) is 7.24. The van der Waals surface area contributed by atoms with Crippen molar-refractivity contribution in [1.82, 2.24) is 0 Å². The second-order valence-electron chi connectivity index (χ2n) is 7.24. The van der Waals surface area contributed by atoms with Crippen LogP contribution in [-0.2, 0) is 9.53 Å². The molecular weight excluding hydrogens is 391 g/mol. The van der Waals surface area contributed by atoms with Crippen molar-refractivity contribution in [1.29, 1.82) is 0 Å². The quantitative estimate of drug-likeness (QED) is 0.255. The number of carbonyl (C=O) groups is 1. The molecular formula is C24H28F3NO2. The highest BCUT2D eigenvalue weighted by atomic mass is 19.4. The first kappa shape index (κ1) is 23.6. The maximum atomic E-state index is 12.8. The molecule has 2 aromatic carbocycles. The minimum Gasteiger partial charge on any atom is -0.461 e. The Kier molecular flexibility index (Phi) is 9.09. The van der Waals surface area contributed by atoms with Crippen LogP contribution in [-0.4, -0.2) is 30.0 Å². The number of ether oxygens (including phenoxy) is 1. The predicted molar refractivity (Wildman–Crippen MR) is 113 cm³/mol. The number of carbonyl (C=O) groups excluding carboxylic acids is 1. The van der Waals surface area contributed by atoms with Gasteiger partial charge in [-0.3, -0.25) is 4.99 Å². The molecule has 0 aromatic heterocycles. The molecule has 30 heavy (non-hydrogen) atoms. The predicted octanol–water partition coefficient (Wildman–Crippen LogP) is 6.36. The van der Waals surface area contributed by atoms with E-state index in [0.29, 0.717) is 12.1 Å². The third kappa shape index (κ3) is 8.01. The van der Waals surface area contributed by atoms with Crippen LogP contribution in [0.15, 0.2) is 65.7 Å². The number of rotatable bonds is 10. The number of unbranched alkanes of at least 4 members (excludes halogenated alkanes) is 1. The van der Waals surface area contributed by atoms with Gasteiger partial charge in [-0.25, -0.2) is 4.79 Å². The van der Waals surface area contributed by atoms with E-state index in [0.717, 1.165) is 11.1 Å². The van der Waals surface area contributed by atoms with E-state index in [2.05, 4.69) is 0 Å². The summed E-state index contributed by atoms with van der Waals surface area (Å²) in [6.45, 7) is 3.69. The van der Waals surface area contributed by atoms with E-state index in [1.807, 2.05) is 67.6 Å². The summed E-state index contributed by atoms with van der Waals surface area (Å²) in [5.74, 6) is -0.499. The standard InChI is InChI=1S/C24H28F3NO2/c1-3-18(2)30-23(29)21(16-10-11-17-24(25,26)27)28-22(19-12-6-4-7-13-19)20-14-8-5-9-15-20/h4-9,12-15,18,21H,3,10-11,16-17H2,1-2H3/t18-,21?/m1/s1. The fraction of sp³-hybridized carbons (Fsp3) is 0.417. The molecule has 6 heteroatoms. The van der Waals surface area contributed by atoms with Gasteiger partial charge in [-0.05, 0) is 26.2 Å². The van der Waals surface area contributed by atoms with Crippen LogP contribution >= 0.6 is 0 Å². The first-order valence-corrected chi connectivity index (χ1v) is 10.3. The fourth-order valence-electron chi connectivity index (χ4n) is 2.92. The zero-order valence-electron chi connectivity index (χ0n) is 17.4. The Labute approximate surface area is 176 Å². The summed E-state index contributed by atoms with van der Waals surface area (Å²) in [6, 6.07) is 18.0. The Morgan fingerprint density at radius 2 is 1.50 bits per heavy atom. The van der Waals surface area contributed by atoms with E-state index >= 15 is 0 Å². The molecule has 0 aliphatic heterocycles. The maximum Gasteiger partial charge on any atom is 0.389 e. The van der Waals surface area contributed by atoms with E-state index in [1.165, 1.54) is 0 Å². The maximum absolute atomic E-state index is 12.8. The molecule has 1 unspecified atom stereocenters. The molecule has 0 amide bonds. The van der Waals surface area contributed by atoms with Crippen molar-refractivity contribution >= 4 is 11.7 Å². The van der Waals surface area contributed by atoms with Crippen molar-refractivity contribution in [2.75, 3.05) is 0 Å². The van der Waals surface area contributed by atoms with Gasteiger partial charge in [0.05, 0.1) is 11.8 Å². The first-order chi connectivity index (χ1) is 14.3. The van der Waals surface area contributed by atoms with Gasteiger partial charge in [0, 0.05) is 17.5 Å². The SMILES string of the molecule is CC[C@@H](C)OC(=O)C(CCCCC(F)(F)F)N=C(c1ccccc1)c1ccccc1. The van der Waals surface area contributed by atoms with Crippen molar-refractivity contribution in [2.24, 2.45) is 4.99 Å². The minimum absolute atomic E-state index is 0.0435. The Balaban J connectivity index is 2.32. The third-order valence-corrected chi connectivity index (χ3v) is 4.73. The molecule has 0 saturated carbocycles. The molecule has 0 fully saturated rings. The van der Waals surface area contributed by atoms with Crippen molar-refractivity contribution in [2.45, 2.75) is 64.3 Å². The van der Waals surface area contributed by atoms with Gasteiger partial charge in [0.15, 0.2) is 0 Å². The summed E-state index contributed by atoms with van der Waals surface area (Å²) in [5, 5.41) is 0. The van der Waals surface area contributed by atoms with Gasteiger partial charge in [0.1, 0.15) is 6.04 Å². The third-order valence-electron chi connectivity index (χ3n) is 4.73. The lowest BCUT2D eigenvalue weighted by molar-refractivity contribution is -0.150. The Hall–Kier alpha value is -2.63. The summed E-state index contributed by atoms with van der Waals surface area (Å²) in [7, 11) is 0. The molecule has 3 nitrogen and oxygen atoms in total. The zero-order valence-corrected chi connectivity index (χ0v) is 17.4. The van der Waals surface area contributed by atoms with Crippen molar-refractivity contribution in [3.63, 3.8) is 0 Å². The van der Waals surface area contributed by atoms with E-state index < -0.39 is 24.6 Å². The van der Waals surface area contributed by atoms with Crippen molar-refractivity contribution in [3.05, 3.63) is 71.8 Å². The van der Waals surface area contributed by atoms with E-state index in [-0.39, 0.29) is 25.4 Å². The van der Waals surface area contributed by atoms with Gasteiger partial charge < -0.3 is 4.74 Å². The molecule has 0 bridgehead atoms. The highest BCUT2D eigenvalue weighted by Gasteiger charge is 2.27. The highest BCUT2D eigenvalue weighted by Crippen LogP contribution is 2.24. The van der Waals surface area contributed by atoms with Crippen LogP contribution in [0.5, 0.6) is 0 Å². The average Bonchev–Trinajstić information content (AvgIpc) is 2.73. The molecule has 0 spiro atoms. The van der Waals surface area contributed by atoms with Gasteiger partial charge >= 0.3 is 12.1 Å². The molecule has 2 rings (SSSR count). The molecule has 162 valence electrons. The lowest BCUT2D eigenvalue weighted by Gasteiger charge is -2.18. The molecule has 0 radical (unpaired) electrons. The van der Waals surface area contributed by atoms with Gasteiger partial charge in [-0.2, -0.15) is 13.2 Å². The smallest absolute Gasteiger partial charge is 0.389 e. The monoisotopic (exact) mass is 419 g/mol. The Morgan fingerprint density at radius 1 is 0.967 bits per heavy atom. The number of alkyl halides is 3. The van der Waals surface area contributed by atoms with Gasteiger partial charge in [0.2, 0.25) is 0 Å². The van der Waals surface area contributed by atoms with Crippen LogP contribution in [0.1, 0.15) is 57.1 Å². The Morgan fingerprint density at radius 3 is 1.97 bits per heavy atom. The fourth-order valence-corrected chi connectivity index (χ4v) is 2.92. The summed E-state index contributed by atoms with van der Waals surface area (Å²) < 4.78 is 42.9. The van der Waals surface area contributed by atoms with Gasteiger partial charge in [-0.1, -0.05) is 74.0 Å². The normalized spacial score (nSPS) is 13.4. The largest absolute Gasteiger partial charge is 0.461 e. The van der Waals surface area contributed by atoms with E-state index in [9.17, 15) is 18.0 Å². The summed E-state index contributed by atoms with van der Waals surface area (Å²) in [6.07, 6.45) is -4.29.